The van der Waals surface area contributed by atoms with E-state index < -0.39 is 0 Å². The highest BCUT2D eigenvalue weighted by Gasteiger charge is 2.14. The molecule has 4 rings (SSSR count). The van der Waals surface area contributed by atoms with Gasteiger partial charge in [0.2, 0.25) is 5.95 Å². The molecule has 1 aromatic heterocycles. The van der Waals surface area contributed by atoms with Gasteiger partial charge in [0, 0.05) is 31.0 Å². The molecule has 0 radical (unpaired) electrons. The van der Waals surface area contributed by atoms with E-state index in [1.165, 1.54) is 0 Å². The highest BCUT2D eigenvalue weighted by atomic mass is 16.5. The number of para-hydroxylation sites is 2. The highest BCUT2D eigenvalue weighted by Crippen LogP contribution is 2.29. The number of morpholine rings is 1. The van der Waals surface area contributed by atoms with E-state index in [9.17, 15) is 0 Å². The number of nitrogens with zero attached hydrogens (tertiary/aromatic N) is 3. The van der Waals surface area contributed by atoms with Crippen LogP contribution < -0.4 is 20.3 Å². The van der Waals surface area contributed by atoms with Gasteiger partial charge in [-0.15, -0.1) is 0 Å². The Morgan fingerprint density at radius 3 is 2.71 bits per heavy atom. The lowest BCUT2D eigenvalue weighted by Crippen LogP contribution is -2.36. The minimum absolute atomic E-state index is 0.516. The molecular formula is C21H23N5O2. The maximum atomic E-state index is 5.47. The predicted molar refractivity (Wildman–Crippen MR) is 111 cm³/mol. The molecule has 0 spiro atoms. The lowest BCUT2D eigenvalue weighted by Gasteiger charge is -2.30. The molecule has 1 saturated heterocycles. The number of hydrogen-bond donors (Lipinski definition) is 2. The summed E-state index contributed by atoms with van der Waals surface area (Å²) in [5.41, 5.74) is 3.02. The molecule has 1 aliphatic heterocycles. The van der Waals surface area contributed by atoms with Crippen molar-refractivity contribution < 1.29 is 9.47 Å². The molecule has 2 aromatic carbocycles. The van der Waals surface area contributed by atoms with Gasteiger partial charge in [0.05, 0.1) is 31.7 Å². The molecule has 0 saturated carbocycles. The van der Waals surface area contributed by atoms with Gasteiger partial charge in [0.25, 0.3) is 0 Å². The molecule has 1 aliphatic rings. The minimum atomic E-state index is 0.516. The van der Waals surface area contributed by atoms with Crippen molar-refractivity contribution in [3.05, 3.63) is 60.8 Å². The minimum Gasteiger partial charge on any atom is -0.497 e. The Bertz CT molecular complexity index is 928. The molecule has 7 heteroatoms. The summed E-state index contributed by atoms with van der Waals surface area (Å²) >= 11 is 0. The molecule has 7 nitrogen and oxygen atoms in total. The van der Waals surface area contributed by atoms with Crippen LogP contribution in [-0.4, -0.2) is 43.4 Å². The number of ether oxygens (including phenoxy) is 2. The summed E-state index contributed by atoms with van der Waals surface area (Å²) in [6, 6.07) is 17.7. The zero-order valence-corrected chi connectivity index (χ0v) is 15.8. The van der Waals surface area contributed by atoms with Crippen LogP contribution in [0.25, 0.3) is 0 Å². The third kappa shape index (κ3) is 4.32. The van der Waals surface area contributed by atoms with Crippen molar-refractivity contribution in [2.24, 2.45) is 0 Å². The van der Waals surface area contributed by atoms with Crippen LogP contribution in [0.4, 0.5) is 28.8 Å². The second-order valence-corrected chi connectivity index (χ2v) is 6.36. The molecule has 0 unspecified atom stereocenters. The van der Waals surface area contributed by atoms with Gasteiger partial charge in [-0.3, -0.25) is 0 Å². The highest BCUT2D eigenvalue weighted by molar-refractivity contribution is 5.74. The molecule has 1 fully saturated rings. The fraction of sp³-hybridized carbons (Fsp3) is 0.238. The van der Waals surface area contributed by atoms with Crippen molar-refractivity contribution in [2.45, 2.75) is 0 Å². The number of nitrogens with one attached hydrogen (secondary N) is 2. The van der Waals surface area contributed by atoms with Crippen molar-refractivity contribution in [3.63, 3.8) is 0 Å². The first-order chi connectivity index (χ1) is 13.8. The van der Waals surface area contributed by atoms with E-state index in [0.29, 0.717) is 5.95 Å². The first-order valence-corrected chi connectivity index (χ1v) is 9.25. The van der Waals surface area contributed by atoms with Crippen molar-refractivity contribution in [3.8, 4) is 5.75 Å². The molecule has 28 heavy (non-hydrogen) atoms. The molecule has 0 aliphatic carbocycles. The third-order valence-corrected chi connectivity index (χ3v) is 4.50. The van der Waals surface area contributed by atoms with Gasteiger partial charge in [-0.1, -0.05) is 18.2 Å². The van der Waals surface area contributed by atoms with Crippen LogP contribution in [0, 0.1) is 0 Å². The SMILES string of the molecule is COc1cccc(Nc2nccc(Nc3ccccc3N3CCOCC3)n2)c1. The lowest BCUT2D eigenvalue weighted by molar-refractivity contribution is 0.123. The normalized spacial score (nSPS) is 13.8. The smallest absolute Gasteiger partial charge is 0.229 e. The van der Waals surface area contributed by atoms with Gasteiger partial charge < -0.3 is 25.0 Å². The summed E-state index contributed by atoms with van der Waals surface area (Å²) < 4.78 is 10.7. The fourth-order valence-electron chi connectivity index (χ4n) is 3.12. The lowest BCUT2D eigenvalue weighted by atomic mass is 10.2. The van der Waals surface area contributed by atoms with E-state index in [1.54, 1.807) is 13.3 Å². The quantitative estimate of drug-likeness (QED) is 0.677. The fourth-order valence-corrected chi connectivity index (χ4v) is 3.12. The maximum Gasteiger partial charge on any atom is 0.229 e. The van der Waals surface area contributed by atoms with Crippen LogP contribution in [0.15, 0.2) is 60.8 Å². The largest absolute Gasteiger partial charge is 0.497 e. The van der Waals surface area contributed by atoms with E-state index >= 15 is 0 Å². The van der Waals surface area contributed by atoms with Gasteiger partial charge >= 0.3 is 0 Å². The van der Waals surface area contributed by atoms with Crippen molar-refractivity contribution in [2.75, 3.05) is 48.9 Å². The summed E-state index contributed by atoms with van der Waals surface area (Å²) in [4.78, 5) is 11.2. The third-order valence-electron chi connectivity index (χ3n) is 4.50. The van der Waals surface area contributed by atoms with Gasteiger partial charge in [0.15, 0.2) is 0 Å². The molecule has 2 heterocycles. The van der Waals surface area contributed by atoms with Gasteiger partial charge in [0.1, 0.15) is 11.6 Å². The Hall–Kier alpha value is -3.32. The topological polar surface area (TPSA) is 71.5 Å². The standard InChI is InChI=1S/C21H23N5O2/c1-27-17-6-4-5-16(15-17)23-21-22-10-9-20(25-21)24-18-7-2-3-8-19(18)26-11-13-28-14-12-26/h2-10,15H,11-14H2,1H3,(H2,22,23,24,25). The average molecular weight is 377 g/mol. The van der Waals surface area contributed by atoms with Crippen molar-refractivity contribution in [1.82, 2.24) is 9.97 Å². The Morgan fingerprint density at radius 1 is 1.00 bits per heavy atom. The second kappa shape index (κ2) is 8.58. The Kier molecular flexibility index (Phi) is 5.53. The van der Waals surface area contributed by atoms with Crippen LogP contribution in [0.3, 0.4) is 0 Å². The summed E-state index contributed by atoms with van der Waals surface area (Å²) in [6.45, 7) is 3.25. The molecule has 2 N–H and O–H groups in total. The zero-order valence-electron chi connectivity index (χ0n) is 15.8. The van der Waals surface area contributed by atoms with Crippen molar-refractivity contribution in [1.29, 1.82) is 0 Å². The van der Waals surface area contributed by atoms with Gasteiger partial charge in [-0.25, -0.2) is 4.98 Å². The van der Waals surface area contributed by atoms with E-state index in [2.05, 4.69) is 37.6 Å². The monoisotopic (exact) mass is 377 g/mol. The first kappa shape index (κ1) is 18.1. The van der Waals surface area contributed by atoms with Crippen LogP contribution in [0.5, 0.6) is 5.75 Å². The predicted octanol–water partition coefficient (Wildman–Crippen LogP) is 3.81. The summed E-state index contributed by atoms with van der Waals surface area (Å²) in [5.74, 6) is 2.02. The maximum absolute atomic E-state index is 5.47. The zero-order chi connectivity index (χ0) is 19.2. The molecule has 3 aromatic rings. The van der Waals surface area contributed by atoms with Gasteiger partial charge in [-0.2, -0.15) is 4.98 Å². The number of rotatable bonds is 6. The van der Waals surface area contributed by atoms with E-state index in [-0.39, 0.29) is 0 Å². The number of anilines is 5. The van der Waals surface area contributed by atoms with E-state index in [4.69, 9.17) is 9.47 Å². The van der Waals surface area contributed by atoms with Crippen LogP contribution in [-0.2, 0) is 4.74 Å². The van der Waals surface area contributed by atoms with E-state index in [1.807, 2.05) is 42.5 Å². The number of hydrogen-bond acceptors (Lipinski definition) is 7. The average Bonchev–Trinajstić information content (AvgIpc) is 2.75. The first-order valence-electron chi connectivity index (χ1n) is 9.25. The van der Waals surface area contributed by atoms with Crippen LogP contribution in [0.1, 0.15) is 0 Å². The van der Waals surface area contributed by atoms with Crippen molar-refractivity contribution >= 4 is 28.8 Å². The van der Waals surface area contributed by atoms with Gasteiger partial charge in [-0.05, 0) is 30.3 Å². The molecule has 0 atom stereocenters. The summed E-state index contributed by atoms with van der Waals surface area (Å²) in [6.07, 6.45) is 1.73. The molecule has 0 amide bonds. The van der Waals surface area contributed by atoms with Crippen LogP contribution >= 0.6 is 0 Å². The second-order valence-electron chi connectivity index (χ2n) is 6.36. The van der Waals surface area contributed by atoms with Crippen LogP contribution in [0.2, 0.25) is 0 Å². The molecule has 0 bridgehead atoms. The number of aromatic nitrogens is 2. The Balaban J connectivity index is 1.52. The Morgan fingerprint density at radius 2 is 1.86 bits per heavy atom. The van der Waals surface area contributed by atoms with E-state index in [0.717, 1.165) is 54.9 Å². The number of methoxy groups -OCH3 is 1. The Labute approximate surface area is 164 Å². The molecule has 144 valence electrons. The summed E-state index contributed by atoms with van der Waals surface area (Å²) in [7, 11) is 1.64. The summed E-state index contributed by atoms with van der Waals surface area (Å²) in [5, 5.41) is 6.63. The number of benzene rings is 2. The molecular weight excluding hydrogens is 354 g/mol.